The molecular weight excluding hydrogens is 328 g/mol. The van der Waals surface area contributed by atoms with Gasteiger partial charge < -0.3 is 14.9 Å². The molecule has 8 nitrogen and oxygen atoms in total. The smallest absolute Gasteiger partial charge is 0.308 e. The Kier molecular flexibility index (Phi) is 5.02. The third-order valence-corrected chi connectivity index (χ3v) is 3.29. The summed E-state index contributed by atoms with van der Waals surface area (Å²) in [5.74, 6) is -2.07. The Balaban J connectivity index is 2.29. The number of nitrogens with two attached hydrogens (primary N) is 1. The van der Waals surface area contributed by atoms with Gasteiger partial charge in [0.2, 0.25) is 5.88 Å². The van der Waals surface area contributed by atoms with E-state index in [0.717, 1.165) is 0 Å². The SMILES string of the molecule is CC(=O)Oc1ccc(C(=O)Nc2oc(C)c(C(C)=O)c2C(N)=O)cc1. The molecule has 25 heavy (non-hydrogen) atoms. The van der Waals surface area contributed by atoms with Gasteiger partial charge >= 0.3 is 5.97 Å². The number of rotatable bonds is 5. The molecule has 0 saturated carbocycles. The normalized spacial score (nSPS) is 10.2. The summed E-state index contributed by atoms with van der Waals surface area (Å²) in [6.07, 6.45) is 0. The first kappa shape index (κ1) is 17.9. The van der Waals surface area contributed by atoms with E-state index in [1.165, 1.54) is 45.0 Å². The van der Waals surface area contributed by atoms with Gasteiger partial charge in [-0.3, -0.25) is 24.5 Å². The predicted molar refractivity (Wildman–Crippen MR) is 87.7 cm³/mol. The molecule has 0 spiro atoms. The number of aryl methyl sites for hydroxylation is 1. The molecule has 0 aliphatic heterocycles. The van der Waals surface area contributed by atoms with Crippen LogP contribution in [0.1, 0.15) is 50.7 Å². The molecule has 0 saturated heterocycles. The summed E-state index contributed by atoms with van der Waals surface area (Å²) in [6.45, 7) is 4.02. The second-order valence-corrected chi connectivity index (χ2v) is 5.23. The highest BCUT2D eigenvalue weighted by Crippen LogP contribution is 2.27. The number of primary amides is 1. The average Bonchev–Trinajstić information content (AvgIpc) is 2.83. The van der Waals surface area contributed by atoms with Crippen molar-refractivity contribution in [2.45, 2.75) is 20.8 Å². The van der Waals surface area contributed by atoms with E-state index in [-0.39, 0.29) is 34.1 Å². The molecule has 1 aromatic heterocycles. The van der Waals surface area contributed by atoms with Gasteiger partial charge in [0.1, 0.15) is 17.1 Å². The summed E-state index contributed by atoms with van der Waals surface area (Å²) in [5, 5.41) is 2.42. The van der Waals surface area contributed by atoms with Crippen LogP contribution in [0.25, 0.3) is 0 Å². The lowest BCUT2D eigenvalue weighted by Gasteiger charge is -2.05. The molecule has 3 N–H and O–H groups in total. The number of amides is 2. The molecule has 2 aromatic rings. The minimum absolute atomic E-state index is 0.0352. The van der Waals surface area contributed by atoms with E-state index in [1.54, 1.807) is 0 Å². The summed E-state index contributed by atoms with van der Waals surface area (Å²) in [5.41, 5.74) is 5.39. The topological polar surface area (TPSA) is 129 Å². The third-order valence-electron chi connectivity index (χ3n) is 3.29. The zero-order valence-corrected chi connectivity index (χ0v) is 13.8. The van der Waals surface area contributed by atoms with Gasteiger partial charge in [0.05, 0.1) is 5.56 Å². The Morgan fingerprint density at radius 1 is 1.04 bits per heavy atom. The lowest BCUT2D eigenvalue weighted by molar-refractivity contribution is -0.131. The molecule has 0 aliphatic rings. The van der Waals surface area contributed by atoms with Crippen molar-refractivity contribution in [3.8, 4) is 5.75 Å². The largest absolute Gasteiger partial charge is 0.444 e. The minimum Gasteiger partial charge on any atom is -0.444 e. The Morgan fingerprint density at radius 3 is 2.12 bits per heavy atom. The molecule has 0 bridgehead atoms. The van der Waals surface area contributed by atoms with Gasteiger partial charge in [0.25, 0.3) is 11.8 Å². The van der Waals surface area contributed by atoms with Crippen LogP contribution in [0.2, 0.25) is 0 Å². The molecule has 130 valence electrons. The molecule has 8 heteroatoms. The van der Waals surface area contributed by atoms with Crippen LogP contribution in [0.5, 0.6) is 5.75 Å². The van der Waals surface area contributed by atoms with Gasteiger partial charge in [-0.1, -0.05) is 0 Å². The Morgan fingerprint density at radius 2 is 1.64 bits per heavy atom. The summed E-state index contributed by atoms with van der Waals surface area (Å²) in [7, 11) is 0. The van der Waals surface area contributed by atoms with Gasteiger partial charge in [-0.05, 0) is 38.1 Å². The van der Waals surface area contributed by atoms with Crippen LogP contribution in [0.3, 0.4) is 0 Å². The Hall–Kier alpha value is -3.42. The van der Waals surface area contributed by atoms with Crippen molar-refractivity contribution in [1.82, 2.24) is 0 Å². The molecular formula is C17H16N2O6. The fourth-order valence-electron chi connectivity index (χ4n) is 2.31. The van der Waals surface area contributed by atoms with Crippen molar-refractivity contribution in [3.63, 3.8) is 0 Å². The summed E-state index contributed by atoms with van der Waals surface area (Å²) in [4.78, 5) is 46.5. The summed E-state index contributed by atoms with van der Waals surface area (Å²) < 4.78 is 10.2. The highest BCUT2D eigenvalue weighted by atomic mass is 16.5. The van der Waals surface area contributed by atoms with Gasteiger partial charge in [-0.2, -0.15) is 0 Å². The van der Waals surface area contributed by atoms with Crippen LogP contribution >= 0.6 is 0 Å². The summed E-state index contributed by atoms with van der Waals surface area (Å²) in [6, 6.07) is 5.75. The standard InChI is InChI=1S/C17H16N2O6/c1-8(20)13-9(2)24-17(14(13)15(18)22)19-16(23)11-4-6-12(7-5-11)25-10(3)21/h4-7H,1-3H3,(H2,18,22)(H,19,23). The van der Waals surface area contributed by atoms with E-state index in [4.69, 9.17) is 14.9 Å². The quantitative estimate of drug-likeness (QED) is 0.485. The molecule has 0 fully saturated rings. The maximum absolute atomic E-state index is 12.3. The lowest BCUT2D eigenvalue weighted by atomic mass is 10.1. The molecule has 0 unspecified atom stereocenters. The van der Waals surface area contributed by atoms with E-state index in [1.807, 2.05) is 0 Å². The molecule has 1 heterocycles. The number of nitrogens with one attached hydrogen (secondary N) is 1. The van der Waals surface area contributed by atoms with Gasteiger partial charge in [0, 0.05) is 12.5 Å². The van der Waals surface area contributed by atoms with Crippen molar-refractivity contribution in [3.05, 3.63) is 46.7 Å². The zero-order chi connectivity index (χ0) is 18.7. The second kappa shape index (κ2) is 7.00. The molecule has 2 amide bonds. The maximum atomic E-state index is 12.3. The van der Waals surface area contributed by atoms with Crippen molar-refractivity contribution in [1.29, 1.82) is 0 Å². The maximum Gasteiger partial charge on any atom is 0.308 e. The number of hydrogen-bond acceptors (Lipinski definition) is 6. The predicted octanol–water partition coefficient (Wildman–Crippen LogP) is 2.07. The lowest BCUT2D eigenvalue weighted by Crippen LogP contribution is -2.19. The van der Waals surface area contributed by atoms with Crippen LogP contribution in [0.15, 0.2) is 28.7 Å². The Labute approximate surface area is 142 Å². The van der Waals surface area contributed by atoms with Crippen LogP contribution in [0, 0.1) is 6.92 Å². The number of ether oxygens (including phenoxy) is 1. The van der Waals surface area contributed by atoms with E-state index in [0.29, 0.717) is 0 Å². The highest BCUT2D eigenvalue weighted by molar-refractivity contribution is 6.13. The first-order chi connectivity index (χ1) is 11.7. The molecule has 0 atom stereocenters. The summed E-state index contributed by atoms with van der Waals surface area (Å²) >= 11 is 0. The van der Waals surface area contributed by atoms with Gasteiger partial charge in [-0.25, -0.2) is 0 Å². The molecule has 0 aliphatic carbocycles. The number of carbonyl (C=O) groups is 4. The number of ketones is 1. The van der Waals surface area contributed by atoms with Crippen LogP contribution in [-0.4, -0.2) is 23.6 Å². The Bertz CT molecular complexity index is 864. The number of Topliss-reactive ketones (excluding diaryl/α,β-unsaturated/α-hetero) is 1. The third kappa shape index (κ3) is 3.92. The zero-order valence-electron chi connectivity index (χ0n) is 13.8. The van der Waals surface area contributed by atoms with E-state index < -0.39 is 23.6 Å². The van der Waals surface area contributed by atoms with Crippen LogP contribution in [-0.2, 0) is 4.79 Å². The van der Waals surface area contributed by atoms with Crippen molar-refractivity contribution >= 4 is 29.5 Å². The van der Waals surface area contributed by atoms with Crippen LogP contribution in [0.4, 0.5) is 5.88 Å². The van der Waals surface area contributed by atoms with E-state index in [9.17, 15) is 19.2 Å². The first-order valence-electron chi connectivity index (χ1n) is 7.24. The molecule has 2 rings (SSSR count). The van der Waals surface area contributed by atoms with Crippen molar-refractivity contribution in [2.24, 2.45) is 5.73 Å². The number of esters is 1. The van der Waals surface area contributed by atoms with Gasteiger partial charge in [0.15, 0.2) is 5.78 Å². The van der Waals surface area contributed by atoms with Crippen molar-refractivity contribution < 1.29 is 28.3 Å². The molecule has 1 aromatic carbocycles. The van der Waals surface area contributed by atoms with Gasteiger partial charge in [-0.15, -0.1) is 0 Å². The fourth-order valence-corrected chi connectivity index (χ4v) is 2.31. The van der Waals surface area contributed by atoms with E-state index in [2.05, 4.69) is 5.32 Å². The van der Waals surface area contributed by atoms with E-state index >= 15 is 0 Å². The number of anilines is 1. The highest BCUT2D eigenvalue weighted by Gasteiger charge is 2.26. The monoisotopic (exact) mass is 344 g/mol. The minimum atomic E-state index is -0.887. The molecule has 0 radical (unpaired) electrons. The number of furan rings is 1. The van der Waals surface area contributed by atoms with Crippen molar-refractivity contribution in [2.75, 3.05) is 5.32 Å². The first-order valence-corrected chi connectivity index (χ1v) is 7.24. The van der Waals surface area contributed by atoms with Crippen LogP contribution < -0.4 is 15.8 Å². The second-order valence-electron chi connectivity index (χ2n) is 5.23. The number of benzene rings is 1. The average molecular weight is 344 g/mol. The number of carbonyl (C=O) groups excluding carboxylic acids is 4. The fraction of sp³-hybridized carbons (Fsp3) is 0.176. The number of hydrogen-bond donors (Lipinski definition) is 2.